The number of halogens is 3. The highest BCUT2D eigenvalue weighted by Crippen LogP contribution is 2.21. The van der Waals surface area contributed by atoms with Gasteiger partial charge in [-0.3, -0.25) is 0 Å². The van der Waals surface area contributed by atoms with Gasteiger partial charge in [0.1, 0.15) is 0 Å². The molecule has 1 fully saturated rings. The maximum absolute atomic E-state index is 11.8. The number of nitrogens with one attached hydrogen (secondary N) is 1. The van der Waals surface area contributed by atoms with Gasteiger partial charge in [-0.2, -0.15) is 13.2 Å². The van der Waals surface area contributed by atoms with Gasteiger partial charge < -0.3 is 14.8 Å². The molecule has 3 nitrogen and oxygen atoms in total. The van der Waals surface area contributed by atoms with E-state index in [0.29, 0.717) is 13.2 Å². The molecule has 1 aliphatic rings. The summed E-state index contributed by atoms with van der Waals surface area (Å²) >= 11 is 0. The molecule has 1 N–H and O–H groups in total. The van der Waals surface area contributed by atoms with Crippen molar-refractivity contribution < 1.29 is 22.6 Å². The lowest BCUT2D eigenvalue weighted by Gasteiger charge is -2.28. The first-order valence-corrected chi connectivity index (χ1v) is 5.48. The molecule has 1 rings (SSSR count). The van der Waals surface area contributed by atoms with Crippen LogP contribution in [-0.4, -0.2) is 44.7 Å². The normalized spacial score (nSPS) is 27.0. The lowest BCUT2D eigenvalue weighted by molar-refractivity contribution is -0.139. The molecule has 0 aliphatic carbocycles. The fourth-order valence-corrected chi connectivity index (χ4v) is 1.56. The number of hydrogen-bond acceptors (Lipinski definition) is 3. The van der Waals surface area contributed by atoms with E-state index in [2.05, 4.69) is 5.32 Å². The molecule has 0 amide bonds. The van der Waals surface area contributed by atoms with Crippen molar-refractivity contribution in [2.45, 2.75) is 38.1 Å². The van der Waals surface area contributed by atoms with Crippen LogP contribution in [0.15, 0.2) is 0 Å². The van der Waals surface area contributed by atoms with Gasteiger partial charge in [0.25, 0.3) is 0 Å². The Labute approximate surface area is 93.3 Å². The maximum atomic E-state index is 11.8. The summed E-state index contributed by atoms with van der Waals surface area (Å²) < 4.78 is 46.1. The molecule has 2 unspecified atom stereocenters. The van der Waals surface area contributed by atoms with Gasteiger partial charge in [-0.1, -0.05) is 0 Å². The van der Waals surface area contributed by atoms with E-state index in [1.807, 2.05) is 6.92 Å². The van der Waals surface area contributed by atoms with Gasteiger partial charge in [0.15, 0.2) is 0 Å². The van der Waals surface area contributed by atoms with Crippen molar-refractivity contribution in [1.29, 1.82) is 0 Å². The quantitative estimate of drug-likeness (QED) is 0.743. The Balaban J connectivity index is 1.98. The number of alkyl halides is 3. The number of rotatable bonds is 5. The molecule has 96 valence electrons. The summed E-state index contributed by atoms with van der Waals surface area (Å²) in [5, 5.41) is 3.16. The molecule has 16 heavy (non-hydrogen) atoms. The highest BCUT2D eigenvalue weighted by atomic mass is 19.4. The van der Waals surface area contributed by atoms with E-state index in [4.69, 9.17) is 9.47 Å². The van der Waals surface area contributed by atoms with Crippen molar-refractivity contribution in [3.05, 3.63) is 0 Å². The maximum Gasteiger partial charge on any atom is 0.389 e. The van der Waals surface area contributed by atoms with E-state index in [-0.39, 0.29) is 25.2 Å². The topological polar surface area (TPSA) is 30.5 Å². The van der Waals surface area contributed by atoms with Crippen molar-refractivity contribution in [2.24, 2.45) is 0 Å². The zero-order valence-corrected chi connectivity index (χ0v) is 9.35. The molecule has 1 aliphatic heterocycles. The summed E-state index contributed by atoms with van der Waals surface area (Å²) in [6, 6.07) is 0. The van der Waals surface area contributed by atoms with Gasteiger partial charge in [0, 0.05) is 26.1 Å². The van der Waals surface area contributed by atoms with Crippen LogP contribution >= 0.6 is 0 Å². The van der Waals surface area contributed by atoms with Crippen LogP contribution in [0.5, 0.6) is 0 Å². The summed E-state index contributed by atoms with van der Waals surface area (Å²) in [5.74, 6) is 0. The van der Waals surface area contributed by atoms with Gasteiger partial charge in [0.2, 0.25) is 0 Å². The van der Waals surface area contributed by atoms with E-state index < -0.39 is 12.6 Å². The first-order valence-electron chi connectivity index (χ1n) is 5.48. The molecule has 0 aromatic heterocycles. The van der Waals surface area contributed by atoms with Crippen LogP contribution in [0.25, 0.3) is 0 Å². The fraction of sp³-hybridized carbons (Fsp3) is 1.00. The van der Waals surface area contributed by atoms with Crippen LogP contribution in [0.3, 0.4) is 0 Å². The largest absolute Gasteiger partial charge is 0.389 e. The third-order valence-corrected chi connectivity index (χ3v) is 2.28. The molecule has 0 radical (unpaired) electrons. The lowest BCUT2D eigenvalue weighted by Crippen LogP contribution is -2.45. The van der Waals surface area contributed by atoms with Crippen LogP contribution in [0.1, 0.15) is 19.8 Å². The Hall–Kier alpha value is -0.330. The predicted molar refractivity (Wildman–Crippen MR) is 53.3 cm³/mol. The van der Waals surface area contributed by atoms with Gasteiger partial charge in [0.05, 0.1) is 18.8 Å². The summed E-state index contributed by atoms with van der Waals surface area (Å²) in [4.78, 5) is 0. The number of morpholine rings is 1. The monoisotopic (exact) mass is 241 g/mol. The molecular formula is C10H18F3NO2. The first-order chi connectivity index (χ1) is 7.47. The van der Waals surface area contributed by atoms with Gasteiger partial charge in [-0.25, -0.2) is 0 Å². The third kappa shape index (κ3) is 6.30. The average molecular weight is 241 g/mol. The van der Waals surface area contributed by atoms with Gasteiger partial charge in [-0.05, 0) is 13.3 Å². The fourth-order valence-electron chi connectivity index (χ4n) is 1.56. The number of ether oxygens (including phenoxy) is 2. The van der Waals surface area contributed by atoms with Crippen LogP contribution in [-0.2, 0) is 9.47 Å². The molecule has 0 aromatic carbocycles. The molecular weight excluding hydrogens is 223 g/mol. The SMILES string of the molecule is CC1CNCC(COCCCC(F)(F)F)O1. The van der Waals surface area contributed by atoms with Crippen molar-refractivity contribution in [3.63, 3.8) is 0 Å². The average Bonchev–Trinajstić information content (AvgIpc) is 2.15. The summed E-state index contributed by atoms with van der Waals surface area (Å²) in [6.45, 7) is 3.94. The Morgan fingerprint density at radius 3 is 2.75 bits per heavy atom. The van der Waals surface area contributed by atoms with E-state index in [0.717, 1.165) is 6.54 Å². The Morgan fingerprint density at radius 2 is 2.12 bits per heavy atom. The minimum atomic E-state index is -4.08. The minimum absolute atomic E-state index is 0.0131. The molecule has 0 saturated carbocycles. The van der Waals surface area contributed by atoms with Crippen molar-refractivity contribution in [1.82, 2.24) is 5.32 Å². The molecule has 0 spiro atoms. The second kappa shape index (κ2) is 6.42. The summed E-state index contributed by atoms with van der Waals surface area (Å²) in [7, 11) is 0. The van der Waals surface area contributed by atoms with Crippen LogP contribution < -0.4 is 5.32 Å². The number of hydrogen-bond donors (Lipinski definition) is 1. The standard InChI is InChI=1S/C10H18F3NO2/c1-8-5-14-6-9(16-8)7-15-4-2-3-10(11,12)13/h8-9,14H,2-7H2,1H3. The molecule has 6 heteroatoms. The Morgan fingerprint density at radius 1 is 1.38 bits per heavy atom. The molecule has 0 bridgehead atoms. The predicted octanol–water partition coefficient (Wildman–Crippen LogP) is 1.72. The van der Waals surface area contributed by atoms with E-state index in [1.165, 1.54) is 0 Å². The first kappa shape index (κ1) is 13.7. The van der Waals surface area contributed by atoms with Crippen LogP contribution in [0.4, 0.5) is 13.2 Å². The molecule has 2 atom stereocenters. The van der Waals surface area contributed by atoms with Crippen molar-refractivity contribution in [3.8, 4) is 0 Å². The van der Waals surface area contributed by atoms with Crippen molar-refractivity contribution in [2.75, 3.05) is 26.3 Å². The van der Waals surface area contributed by atoms with E-state index in [1.54, 1.807) is 0 Å². The van der Waals surface area contributed by atoms with Gasteiger partial charge in [-0.15, -0.1) is 0 Å². The van der Waals surface area contributed by atoms with E-state index >= 15 is 0 Å². The van der Waals surface area contributed by atoms with Crippen LogP contribution in [0.2, 0.25) is 0 Å². The highest BCUT2D eigenvalue weighted by Gasteiger charge is 2.26. The Bertz CT molecular complexity index is 199. The highest BCUT2D eigenvalue weighted by molar-refractivity contribution is 4.71. The van der Waals surface area contributed by atoms with Crippen LogP contribution in [0, 0.1) is 0 Å². The molecule has 0 aromatic rings. The lowest BCUT2D eigenvalue weighted by atomic mass is 10.2. The van der Waals surface area contributed by atoms with E-state index in [9.17, 15) is 13.2 Å². The molecule has 1 heterocycles. The van der Waals surface area contributed by atoms with Gasteiger partial charge >= 0.3 is 6.18 Å². The second-order valence-corrected chi connectivity index (χ2v) is 4.02. The Kier molecular flexibility index (Phi) is 5.51. The second-order valence-electron chi connectivity index (χ2n) is 4.02. The zero-order valence-electron chi connectivity index (χ0n) is 9.35. The minimum Gasteiger partial charge on any atom is -0.379 e. The molecule has 1 saturated heterocycles. The third-order valence-electron chi connectivity index (χ3n) is 2.28. The summed E-state index contributed by atoms with van der Waals surface area (Å²) in [5.41, 5.74) is 0. The van der Waals surface area contributed by atoms with Crippen molar-refractivity contribution >= 4 is 0 Å². The summed E-state index contributed by atoms with van der Waals surface area (Å²) in [6.07, 6.45) is -4.76. The smallest absolute Gasteiger partial charge is 0.379 e. The zero-order chi connectivity index (χ0) is 12.0.